The number of rotatable bonds is 8. The number of hydrogen-bond donors (Lipinski definition) is 1. The van der Waals surface area contributed by atoms with Crippen molar-refractivity contribution in [2.75, 3.05) is 0 Å². The number of nitrogens with one attached hydrogen (secondary N) is 1. The van der Waals surface area contributed by atoms with Crippen LogP contribution in [-0.2, 0) is 0 Å². The predicted octanol–water partition coefficient (Wildman–Crippen LogP) is 9.67. The Kier molecular flexibility index (Phi) is 10.3. The molecule has 192 valence electrons. The van der Waals surface area contributed by atoms with Crippen LogP contribution < -0.4 is 5.32 Å². The lowest BCUT2D eigenvalue weighted by molar-refractivity contribution is 0.561. The second-order valence-electron chi connectivity index (χ2n) is 10.4. The lowest BCUT2D eigenvalue weighted by Crippen LogP contribution is -2.25. The first-order valence-electron chi connectivity index (χ1n) is 13.4. The van der Waals surface area contributed by atoms with E-state index in [1.165, 1.54) is 33.2 Å². The van der Waals surface area contributed by atoms with Gasteiger partial charge in [0, 0.05) is 11.3 Å². The molecule has 0 saturated heterocycles. The first kappa shape index (κ1) is 27.9. The molecule has 1 heterocycles. The van der Waals surface area contributed by atoms with Crippen LogP contribution >= 0.6 is 0 Å². The van der Waals surface area contributed by atoms with Gasteiger partial charge in [0.25, 0.3) is 0 Å². The summed E-state index contributed by atoms with van der Waals surface area (Å²) < 4.78 is 0. The van der Waals surface area contributed by atoms with E-state index in [0.29, 0.717) is 11.8 Å². The van der Waals surface area contributed by atoms with Crippen LogP contribution in [0.25, 0.3) is 22.0 Å². The summed E-state index contributed by atoms with van der Waals surface area (Å²) in [5, 5.41) is 6.37. The molecular formula is C35H42N2. The molecule has 0 amide bonds. The van der Waals surface area contributed by atoms with Crippen LogP contribution in [0.5, 0.6) is 0 Å². The van der Waals surface area contributed by atoms with Crippen LogP contribution in [0.3, 0.4) is 0 Å². The number of benzene rings is 3. The third kappa shape index (κ3) is 7.67. The minimum absolute atomic E-state index is 0.0140. The average Bonchev–Trinajstić information content (AvgIpc) is 2.87. The Morgan fingerprint density at radius 1 is 0.865 bits per heavy atom. The number of allylic oxidation sites excluding steroid dienone is 3. The van der Waals surface area contributed by atoms with E-state index in [9.17, 15) is 0 Å². The summed E-state index contributed by atoms with van der Waals surface area (Å²) in [6.07, 6.45) is 5.13. The molecule has 37 heavy (non-hydrogen) atoms. The van der Waals surface area contributed by atoms with E-state index in [2.05, 4.69) is 138 Å². The fourth-order valence-electron chi connectivity index (χ4n) is 4.64. The van der Waals surface area contributed by atoms with Gasteiger partial charge in [-0.05, 0) is 66.1 Å². The van der Waals surface area contributed by atoms with Crippen LogP contribution in [0.1, 0.15) is 63.9 Å². The first-order valence-corrected chi connectivity index (χ1v) is 13.4. The molecule has 3 aromatic carbocycles. The van der Waals surface area contributed by atoms with Gasteiger partial charge in [0.05, 0.1) is 17.4 Å². The highest BCUT2D eigenvalue weighted by atomic mass is 15.0. The van der Waals surface area contributed by atoms with Crippen molar-refractivity contribution in [1.82, 2.24) is 10.3 Å². The minimum atomic E-state index is -0.0140. The van der Waals surface area contributed by atoms with Crippen molar-refractivity contribution in [3.05, 3.63) is 126 Å². The van der Waals surface area contributed by atoms with Crippen LogP contribution in [0.4, 0.5) is 0 Å². The summed E-state index contributed by atoms with van der Waals surface area (Å²) in [5.74, 6) is 1.05. The zero-order chi connectivity index (χ0) is 26.8. The average molecular weight is 491 g/mol. The molecule has 2 heteroatoms. The lowest BCUT2D eigenvalue weighted by Gasteiger charge is -2.25. The second kappa shape index (κ2) is 13.6. The maximum atomic E-state index is 5.23. The van der Waals surface area contributed by atoms with Crippen LogP contribution in [0.15, 0.2) is 109 Å². The van der Waals surface area contributed by atoms with E-state index in [1.54, 1.807) is 6.08 Å². The van der Waals surface area contributed by atoms with Crippen molar-refractivity contribution < 1.29 is 0 Å². The maximum Gasteiger partial charge on any atom is 0.0940 e. The molecule has 0 bridgehead atoms. The molecule has 0 saturated carbocycles. The molecule has 4 rings (SSSR count). The van der Waals surface area contributed by atoms with E-state index in [-0.39, 0.29) is 6.04 Å². The van der Waals surface area contributed by atoms with Crippen molar-refractivity contribution >= 4 is 10.8 Å². The van der Waals surface area contributed by atoms with Crippen molar-refractivity contribution in [3.63, 3.8) is 0 Å². The van der Waals surface area contributed by atoms with E-state index in [1.807, 2.05) is 6.92 Å². The molecule has 0 aliphatic rings. The smallest absolute Gasteiger partial charge is 0.0940 e. The quantitative estimate of drug-likeness (QED) is 0.249. The monoisotopic (exact) mass is 490 g/mol. The van der Waals surface area contributed by atoms with Crippen molar-refractivity contribution in [1.29, 1.82) is 0 Å². The zero-order valence-corrected chi connectivity index (χ0v) is 23.3. The Bertz CT molecular complexity index is 1320. The van der Waals surface area contributed by atoms with Crippen LogP contribution in [0, 0.1) is 18.8 Å². The summed E-state index contributed by atoms with van der Waals surface area (Å²) in [6, 6.07) is 30.0. The normalized spacial score (nSPS) is 12.3. The molecule has 1 atom stereocenters. The molecule has 0 spiro atoms. The first-order chi connectivity index (χ1) is 17.8. The predicted molar refractivity (Wildman–Crippen MR) is 162 cm³/mol. The Hall–Kier alpha value is -3.65. The number of aryl methyl sites for hydroxylation is 1. The highest BCUT2D eigenvalue weighted by Crippen LogP contribution is 2.31. The van der Waals surface area contributed by atoms with Gasteiger partial charge < -0.3 is 5.32 Å². The van der Waals surface area contributed by atoms with Gasteiger partial charge in [0.15, 0.2) is 0 Å². The highest BCUT2D eigenvalue weighted by molar-refractivity contribution is 5.95. The summed E-state index contributed by atoms with van der Waals surface area (Å²) in [5.41, 5.74) is 7.04. The number of pyridine rings is 1. The zero-order valence-electron chi connectivity index (χ0n) is 23.3. The lowest BCUT2D eigenvalue weighted by atomic mass is 9.95. The molecule has 1 N–H and O–H groups in total. The molecule has 0 aliphatic heterocycles. The Morgan fingerprint density at radius 3 is 2.22 bits per heavy atom. The van der Waals surface area contributed by atoms with Gasteiger partial charge in [-0.3, -0.25) is 4.98 Å². The molecular weight excluding hydrogens is 448 g/mol. The molecule has 2 nitrogen and oxygen atoms in total. The molecule has 1 aromatic heterocycles. The SMILES string of the molecule is C=CC.Cc1ccccc1C(N/C(=C\C(C)C)CC(C)C)c1cccc(-c2cccc3ccccc23)n1. The number of nitrogens with zero attached hydrogens (tertiary/aromatic N) is 1. The molecule has 0 radical (unpaired) electrons. The Labute approximate surface area is 224 Å². The van der Waals surface area contributed by atoms with Gasteiger partial charge in [-0.25, -0.2) is 0 Å². The third-order valence-corrected chi connectivity index (χ3v) is 6.12. The standard InChI is InChI=1S/C32H36N2.C3H6/c1-22(2)20-26(21-23(3)4)33-32(27-15-8-6-12-24(27)5)31-19-11-18-30(34-31)29-17-10-14-25-13-7-9-16-28(25)29;1-3-2/h6-20,22-23,32-33H,21H2,1-5H3;3H,1H2,2H3/b26-20-;. The van der Waals surface area contributed by atoms with Crippen molar-refractivity contribution in [2.24, 2.45) is 11.8 Å². The number of aromatic nitrogens is 1. The number of fused-ring (bicyclic) bond motifs is 1. The van der Waals surface area contributed by atoms with E-state index in [4.69, 9.17) is 4.98 Å². The Balaban J connectivity index is 0.00000121. The molecule has 1 unspecified atom stereocenters. The van der Waals surface area contributed by atoms with E-state index in [0.717, 1.165) is 17.8 Å². The van der Waals surface area contributed by atoms with Crippen LogP contribution in [-0.4, -0.2) is 4.98 Å². The van der Waals surface area contributed by atoms with Gasteiger partial charge in [-0.15, -0.1) is 6.58 Å². The number of hydrogen-bond acceptors (Lipinski definition) is 2. The topological polar surface area (TPSA) is 24.9 Å². The summed E-state index contributed by atoms with van der Waals surface area (Å²) >= 11 is 0. The molecule has 0 aliphatic carbocycles. The fraction of sp³-hybridized carbons (Fsp3) is 0.286. The van der Waals surface area contributed by atoms with Gasteiger partial charge in [-0.1, -0.05) is 113 Å². The van der Waals surface area contributed by atoms with Crippen molar-refractivity contribution in [3.8, 4) is 11.3 Å². The third-order valence-electron chi connectivity index (χ3n) is 6.12. The second-order valence-corrected chi connectivity index (χ2v) is 10.4. The highest BCUT2D eigenvalue weighted by Gasteiger charge is 2.20. The minimum Gasteiger partial charge on any atom is -0.376 e. The molecule has 4 aromatic rings. The van der Waals surface area contributed by atoms with Crippen LogP contribution in [0.2, 0.25) is 0 Å². The fourth-order valence-corrected chi connectivity index (χ4v) is 4.64. The largest absolute Gasteiger partial charge is 0.376 e. The maximum absolute atomic E-state index is 5.23. The van der Waals surface area contributed by atoms with Gasteiger partial charge in [0.1, 0.15) is 0 Å². The van der Waals surface area contributed by atoms with Gasteiger partial charge in [0.2, 0.25) is 0 Å². The van der Waals surface area contributed by atoms with Gasteiger partial charge in [-0.2, -0.15) is 0 Å². The van der Waals surface area contributed by atoms with E-state index < -0.39 is 0 Å². The van der Waals surface area contributed by atoms with Gasteiger partial charge >= 0.3 is 0 Å². The molecule has 0 fully saturated rings. The summed E-state index contributed by atoms with van der Waals surface area (Å²) in [4.78, 5) is 5.23. The summed E-state index contributed by atoms with van der Waals surface area (Å²) in [6.45, 7) is 16.5. The summed E-state index contributed by atoms with van der Waals surface area (Å²) in [7, 11) is 0. The van der Waals surface area contributed by atoms with E-state index >= 15 is 0 Å². The Morgan fingerprint density at radius 2 is 1.51 bits per heavy atom. The van der Waals surface area contributed by atoms with Crippen molar-refractivity contribution in [2.45, 2.75) is 54.0 Å².